The Morgan fingerprint density at radius 2 is 2.42 bits per heavy atom. The molecule has 1 aliphatic carbocycles. The van der Waals surface area contributed by atoms with Crippen LogP contribution in [0.4, 0.5) is 5.82 Å². The summed E-state index contributed by atoms with van der Waals surface area (Å²) in [7, 11) is 0. The van der Waals surface area contributed by atoms with Crippen LogP contribution in [0.1, 0.15) is 35.5 Å². The van der Waals surface area contributed by atoms with E-state index >= 15 is 0 Å². The first-order chi connectivity index (χ1) is 9.13. The van der Waals surface area contributed by atoms with Crippen molar-refractivity contribution in [2.45, 2.75) is 32.6 Å². The van der Waals surface area contributed by atoms with Gasteiger partial charge in [0.2, 0.25) is 5.91 Å². The van der Waals surface area contributed by atoms with E-state index in [0.717, 1.165) is 22.2 Å². The normalized spacial score (nSPS) is 21.4. The Morgan fingerprint density at radius 3 is 3.05 bits per heavy atom. The third kappa shape index (κ3) is 2.68. The van der Waals surface area contributed by atoms with Crippen molar-refractivity contribution in [3.05, 3.63) is 27.8 Å². The van der Waals surface area contributed by atoms with Crippen molar-refractivity contribution in [3.8, 4) is 0 Å². The van der Waals surface area contributed by atoms with Crippen LogP contribution in [-0.4, -0.2) is 21.1 Å². The Hall–Kier alpha value is -1.69. The fraction of sp³-hybridized carbons (Fsp3) is 0.462. The summed E-state index contributed by atoms with van der Waals surface area (Å²) >= 11 is 1.51. The molecule has 0 radical (unpaired) electrons. The molecule has 3 rings (SSSR count). The molecule has 0 bridgehead atoms. The van der Waals surface area contributed by atoms with Gasteiger partial charge >= 0.3 is 0 Å². The van der Waals surface area contributed by atoms with E-state index in [0.29, 0.717) is 18.2 Å². The molecule has 1 saturated carbocycles. The zero-order valence-electron chi connectivity index (χ0n) is 10.9. The lowest BCUT2D eigenvalue weighted by molar-refractivity contribution is -0.115. The summed E-state index contributed by atoms with van der Waals surface area (Å²) in [6.07, 6.45) is 1.56. The van der Waals surface area contributed by atoms with Crippen LogP contribution in [0.15, 0.2) is 11.6 Å². The van der Waals surface area contributed by atoms with Gasteiger partial charge in [0, 0.05) is 22.6 Å². The molecular formula is C13H16N4OS. The molecule has 2 unspecified atom stereocenters. The number of nitrogens with one attached hydrogen (secondary N) is 2. The average Bonchev–Trinajstić information content (AvgIpc) is 2.75. The van der Waals surface area contributed by atoms with Crippen molar-refractivity contribution in [3.63, 3.8) is 0 Å². The molecular weight excluding hydrogens is 260 g/mol. The average molecular weight is 276 g/mol. The molecule has 6 heteroatoms. The number of H-pyrrole nitrogens is 1. The largest absolute Gasteiger partial charge is 0.309 e. The lowest BCUT2D eigenvalue weighted by Crippen LogP contribution is -2.14. The zero-order valence-corrected chi connectivity index (χ0v) is 11.8. The van der Waals surface area contributed by atoms with Crippen LogP contribution in [0.2, 0.25) is 0 Å². The van der Waals surface area contributed by atoms with Gasteiger partial charge in [0.1, 0.15) is 0 Å². The highest BCUT2D eigenvalue weighted by Crippen LogP contribution is 2.46. The van der Waals surface area contributed by atoms with Crippen LogP contribution in [0.5, 0.6) is 0 Å². The second kappa shape index (κ2) is 4.77. The van der Waals surface area contributed by atoms with Crippen molar-refractivity contribution in [2.75, 3.05) is 5.32 Å². The number of amides is 1. The third-order valence-corrected chi connectivity index (χ3v) is 4.48. The predicted molar refractivity (Wildman–Crippen MR) is 74.3 cm³/mol. The molecule has 0 saturated heterocycles. The number of thiazole rings is 1. The minimum absolute atomic E-state index is 0.0470. The van der Waals surface area contributed by atoms with Gasteiger partial charge < -0.3 is 5.32 Å². The molecule has 0 aliphatic heterocycles. The highest BCUT2D eigenvalue weighted by Gasteiger charge is 2.35. The Labute approximate surface area is 115 Å². The van der Waals surface area contributed by atoms with Gasteiger partial charge in [-0.25, -0.2) is 4.98 Å². The number of aryl methyl sites for hydroxylation is 1. The lowest BCUT2D eigenvalue weighted by atomic mass is 10.2. The number of hydrogen-bond acceptors (Lipinski definition) is 4. The first-order valence-electron chi connectivity index (χ1n) is 6.37. The number of carbonyl (C=O) groups is 1. The molecule has 2 N–H and O–H groups in total. The lowest BCUT2D eigenvalue weighted by Gasteiger charge is -2.00. The Balaban J connectivity index is 1.60. The molecule has 1 fully saturated rings. The van der Waals surface area contributed by atoms with E-state index in [1.807, 2.05) is 13.0 Å². The summed E-state index contributed by atoms with van der Waals surface area (Å²) in [5.74, 6) is 1.88. The van der Waals surface area contributed by atoms with Crippen LogP contribution >= 0.6 is 11.3 Å². The molecule has 0 spiro atoms. The summed E-state index contributed by atoms with van der Waals surface area (Å²) in [4.78, 5) is 17.0. The summed E-state index contributed by atoms with van der Waals surface area (Å²) < 4.78 is 0. The molecule has 1 amide bonds. The van der Waals surface area contributed by atoms with Gasteiger partial charge in [-0.1, -0.05) is 6.92 Å². The first kappa shape index (κ1) is 12.3. The maximum Gasteiger partial charge on any atom is 0.230 e. The molecule has 2 aromatic rings. The number of aromatic nitrogens is 3. The van der Waals surface area contributed by atoms with Crippen molar-refractivity contribution in [1.29, 1.82) is 0 Å². The predicted octanol–water partition coefficient (Wildman–Crippen LogP) is 2.48. The standard InChI is InChI=1S/C13H16N4OS/c1-7-3-9(7)10-4-12(17-16-10)15-13(18)5-11-8(2)14-6-19-11/h4,6-7,9H,3,5H2,1-2H3,(H2,15,16,17,18). The number of carbonyl (C=O) groups excluding carboxylic acids is 1. The summed E-state index contributed by atoms with van der Waals surface area (Å²) in [5.41, 5.74) is 3.81. The van der Waals surface area contributed by atoms with Gasteiger partial charge in [-0.15, -0.1) is 11.3 Å². The SMILES string of the molecule is Cc1ncsc1CC(=O)Nc1cc(C2CC2C)[nH]n1. The van der Waals surface area contributed by atoms with Gasteiger partial charge in [0.25, 0.3) is 0 Å². The number of anilines is 1. The van der Waals surface area contributed by atoms with Crippen LogP contribution in [0.25, 0.3) is 0 Å². The fourth-order valence-electron chi connectivity index (χ4n) is 2.17. The van der Waals surface area contributed by atoms with E-state index in [9.17, 15) is 4.79 Å². The highest BCUT2D eigenvalue weighted by atomic mass is 32.1. The second-order valence-corrected chi connectivity index (χ2v) is 6.05. The maximum atomic E-state index is 11.9. The van der Waals surface area contributed by atoms with Crippen LogP contribution < -0.4 is 5.32 Å². The van der Waals surface area contributed by atoms with Gasteiger partial charge in [0.15, 0.2) is 5.82 Å². The van der Waals surface area contributed by atoms with Crippen molar-refractivity contribution in [1.82, 2.24) is 15.2 Å². The van der Waals surface area contributed by atoms with Gasteiger partial charge in [-0.2, -0.15) is 5.10 Å². The Kier molecular flexibility index (Phi) is 3.10. The molecule has 2 aromatic heterocycles. The molecule has 1 aliphatic rings. The molecule has 5 nitrogen and oxygen atoms in total. The van der Waals surface area contributed by atoms with Gasteiger partial charge in [-0.3, -0.25) is 9.89 Å². The smallest absolute Gasteiger partial charge is 0.230 e. The van der Waals surface area contributed by atoms with E-state index in [-0.39, 0.29) is 5.91 Å². The Bertz CT molecular complexity index is 603. The monoisotopic (exact) mass is 276 g/mol. The van der Waals surface area contributed by atoms with Gasteiger partial charge in [-0.05, 0) is 19.3 Å². The summed E-state index contributed by atoms with van der Waals surface area (Å²) in [5, 5.41) is 9.96. The quantitative estimate of drug-likeness (QED) is 0.901. The number of hydrogen-bond donors (Lipinski definition) is 2. The minimum atomic E-state index is -0.0470. The van der Waals surface area contributed by atoms with E-state index in [4.69, 9.17) is 0 Å². The second-order valence-electron chi connectivity index (χ2n) is 5.11. The Morgan fingerprint density at radius 1 is 1.63 bits per heavy atom. The molecule has 2 heterocycles. The molecule has 100 valence electrons. The van der Waals surface area contributed by atoms with Crippen molar-refractivity contribution in [2.24, 2.45) is 5.92 Å². The van der Waals surface area contributed by atoms with Crippen LogP contribution in [0, 0.1) is 12.8 Å². The maximum absolute atomic E-state index is 11.9. The van der Waals surface area contributed by atoms with E-state index in [2.05, 4.69) is 27.4 Å². The topological polar surface area (TPSA) is 70.7 Å². The molecule has 0 aromatic carbocycles. The van der Waals surface area contributed by atoms with E-state index < -0.39 is 0 Å². The van der Waals surface area contributed by atoms with Crippen LogP contribution in [0.3, 0.4) is 0 Å². The van der Waals surface area contributed by atoms with Crippen molar-refractivity contribution < 1.29 is 4.79 Å². The number of rotatable bonds is 4. The zero-order chi connectivity index (χ0) is 13.4. The first-order valence-corrected chi connectivity index (χ1v) is 7.25. The molecule has 19 heavy (non-hydrogen) atoms. The number of nitrogens with zero attached hydrogens (tertiary/aromatic N) is 2. The van der Waals surface area contributed by atoms with E-state index in [1.165, 1.54) is 17.8 Å². The summed E-state index contributed by atoms with van der Waals surface area (Å²) in [6, 6.07) is 1.94. The van der Waals surface area contributed by atoms with Crippen molar-refractivity contribution >= 4 is 23.1 Å². The van der Waals surface area contributed by atoms with Gasteiger partial charge in [0.05, 0.1) is 17.6 Å². The van der Waals surface area contributed by atoms with E-state index in [1.54, 1.807) is 5.51 Å². The minimum Gasteiger partial charge on any atom is -0.309 e. The van der Waals surface area contributed by atoms with Crippen LogP contribution in [-0.2, 0) is 11.2 Å². The molecule has 2 atom stereocenters. The highest BCUT2D eigenvalue weighted by molar-refractivity contribution is 7.09. The number of aromatic amines is 1. The third-order valence-electron chi connectivity index (χ3n) is 3.54. The summed E-state index contributed by atoms with van der Waals surface area (Å²) in [6.45, 7) is 4.14. The fourth-order valence-corrected chi connectivity index (χ4v) is 2.95.